The molecule has 0 amide bonds. The van der Waals surface area contributed by atoms with Crippen molar-refractivity contribution >= 4 is 11.3 Å². The third-order valence-corrected chi connectivity index (χ3v) is 5.61. The standard InChI is InChI=1S/C19H24N2O2S/c1-15-6-17(9-20-8-15)11-22-18-2-4-23-19(7-18)13-21(14-19)10-16-3-5-24-12-16/h3,5-6,8-9,12,18H,2,4,7,10-11,13-14H2,1H3/t18-/m0/s1. The second-order valence-electron chi connectivity index (χ2n) is 7.10. The lowest BCUT2D eigenvalue weighted by Gasteiger charge is -2.53. The molecule has 2 aromatic heterocycles. The van der Waals surface area contributed by atoms with Gasteiger partial charge < -0.3 is 9.47 Å². The van der Waals surface area contributed by atoms with Gasteiger partial charge in [-0.15, -0.1) is 0 Å². The third kappa shape index (κ3) is 3.70. The number of hydrogen-bond acceptors (Lipinski definition) is 5. The predicted octanol–water partition coefficient (Wildman–Crippen LogP) is 3.40. The second kappa shape index (κ2) is 6.92. The number of pyridine rings is 1. The average Bonchev–Trinajstić information content (AvgIpc) is 3.05. The highest BCUT2D eigenvalue weighted by atomic mass is 32.1. The minimum Gasteiger partial charge on any atom is -0.373 e. The van der Waals surface area contributed by atoms with Gasteiger partial charge in [0.1, 0.15) is 0 Å². The van der Waals surface area contributed by atoms with Crippen LogP contribution in [0.4, 0.5) is 0 Å². The van der Waals surface area contributed by atoms with E-state index >= 15 is 0 Å². The number of aromatic nitrogens is 1. The fraction of sp³-hybridized carbons (Fsp3) is 0.526. The van der Waals surface area contributed by atoms with Crippen LogP contribution in [-0.4, -0.2) is 41.3 Å². The zero-order valence-corrected chi connectivity index (χ0v) is 14.9. The zero-order valence-electron chi connectivity index (χ0n) is 14.1. The molecule has 128 valence electrons. The van der Waals surface area contributed by atoms with Gasteiger partial charge in [0.2, 0.25) is 0 Å². The van der Waals surface area contributed by atoms with E-state index in [2.05, 4.69) is 39.7 Å². The molecule has 2 fully saturated rings. The van der Waals surface area contributed by atoms with E-state index in [-0.39, 0.29) is 5.60 Å². The van der Waals surface area contributed by atoms with Gasteiger partial charge in [-0.2, -0.15) is 11.3 Å². The zero-order chi connectivity index (χ0) is 16.4. The van der Waals surface area contributed by atoms with E-state index in [1.165, 1.54) is 11.1 Å². The van der Waals surface area contributed by atoms with Crippen LogP contribution < -0.4 is 0 Å². The van der Waals surface area contributed by atoms with Crippen molar-refractivity contribution in [1.82, 2.24) is 9.88 Å². The first-order valence-electron chi connectivity index (χ1n) is 8.60. The summed E-state index contributed by atoms with van der Waals surface area (Å²) in [7, 11) is 0. The van der Waals surface area contributed by atoms with Crippen molar-refractivity contribution in [2.24, 2.45) is 0 Å². The molecule has 0 N–H and O–H groups in total. The van der Waals surface area contributed by atoms with E-state index in [1.54, 1.807) is 11.3 Å². The molecule has 0 aromatic carbocycles. The van der Waals surface area contributed by atoms with Crippen molar-refractivity contribution in [3.8, 4) is 0 Å². The van der Waals surface area contributed by atoms with Gasteiger partial charge in [-0.1, -0.05) is 6.07 Å². The molecule has 4 rings (SSSR count). The van der Waals surface area contributed by atoms with E-state index in [0.29, 0.717) is 12.7 Å². The van der Waals surface area contributed by atoms with Crippen molar-refractivity contribution < 1.29 is 9.47 Å². The van der Waals surface area contributed by atoms with Gasteiger partial charge >= 0.3 is 0 Å². The van der Waals surface area contributed by atoms with Crippen LogP contribution in [0.2, 0.25) is 0 Å². The third-order valence-electron chi connectivity index (χ3n) is 4.87. The number of ether oxygens (including phenoxy) is 2. The lowest BCUT2D eigenvalue weighted by Crippen LogP contribution is -2.65. The molecule has 0 bridgehead atoms. The minimum atomic E-state index is 0.0177. The van der Waals surface area contributed by atoms with Gasteiger partial charge in [-0.3, -0.25) is 9.88 Å². The van der Waals surface area contributed by atoms with Gasteiger partial charge in [0.05, 0.1) is 18.3 Å². The van der Waals surface area contributed by atoms with Crippen LogP contribution in [0, 0.1) is 6.92 Å². The highest BCUT2D eigenvalue weighted by Crippen LogP contribution is 2.36. The SMILES string of the molecule is Cc1cncc(CO[C@H]2CCOC3(C2)CN(Cc2ccsc2)C3)c1. The maximum Gasteiger partial charge on any atom is 0.0959 e. The Balaban J connectivity index is 1.27. The number of aryl methyl sites for hydroxylation is 1. The smallest absolute Gasteiger partial charge is 0.0959 e. The molecule has 0 radical (unpaired) electrons. The molecule has 1 atom stereocenters. The molecule has 24 heavy (non-hydrogen) atoms. The lowest BCUT2D eigenvalue weighted by molar-refractivity contribution is -0.200. The summed E-state index contributed by atoms with van der Waals surface area (Å²) in [6.45, 7) is 6.60. The van der Waals surface area contributed by atoms with Crippen LogP contribution in [-0.2, 0) is 22.6 Å². The van der Waals surface area contributed by atoms with Gasteiger partial charge in [-0.05, 0) is 46.9 Å². The molecule has 5 heteroatoms. The van der Waals surface area contributed by atoms with Crippen LogP contribution in [0.15, 0.2) is 35.3 Å². The Morgan fingerprint density at radius 2 is 2.29 bits per heavy atom. The fourth-order valence-corrected chi connectivity index (χ4v) is 4.44. The topological polar surface area (TPSA) is 34.6 Å². The molecule has 2 aliphatic heterocycles. The van der Waals surface area contributed by atoms with Crippen molar-refractivity contribution in [2.45, 2.75) is 44.6 Å². The minimum absolute atomic E-state index is 0.0177. The first-order valence-corrected chi connectivity index (χ1v) is 9.55. The predicted molar refractivity (Wildman–Crippen MR) is 95.1 cm³/mol. The molecule has 2 aromatic rings. The van der Waals surface area contributed by atoms with Crippen molar-refractivity contribution in [3.63, 3.8) is 0 Å². The van der Waals surface area contributed by atoms with E-state index in [0.717, 1.165) is 44.6 Å². The summed E-state index contributed by atoms with van der Waals surface area (Å²) < 4.78 is 12.3. The molecule has 2 aliphatic rings. The molecule has 1 spiro atoms. The first kappa shape index (κ1) is 16.2. The molecule has 2 saturated heterocycles. The second-order valence-corrected chi connectivity index (χ2v) is 7.88. The van der Waals surface area contributed by atoms with Crippen molar-refractivity contribution in [1.29, 1.82) is 0 Å². The normalized spacial score (nSPS) is 23.3. The largest absolute Gasteiger partial charge is 0.373 e. The highest BCUT2D eigenvalue weighted by Gasteiger charge is 2.47. The molecule has 4 heterocycles. The fourth-order valence-electron chi connectivity index (χ4n) is 3.78. The highest BCUT2D eigenvalue weighted by molar-refractivity contribution is 7.07. The van der Waals surface area contributed by atoms with Crippen LogP contribution >= 0.6 is 11.3 Å². The Bertz CT molecular complexity index is 668. The first-order chi connectivity index (χ1) is 11.7. The van der Waals surface area contributed by atoms with Crippen LogP contribution in [0.3, 0.4) is 0 Å². The van der Waals surface area contributed by atoms with Crippen molar-refractivity contribution in [3.05, 3.63) is 52.0 Å². The molecule has 0 saturated carbocycles. The number of likely N-dealkylation sites (tertiary alicyclic amines) is 1. The number of nitrogens with zero attached hydrogens (tertiary/aromatic N) is 2. The van der Waals surface area contributed by atoms with Crippen LogP contribution in [0.25, 0.3) is 0 Å². The van der Waals surface area contributed by atoms with E-state index in [9.17, 15) is 0 Å². The average molecular weight is 344 g/mol. The Morgan fingerprint density at radius 1 is 1.38 bits per heavy atom. The van der Waals surface area contributed by atoms with Crippen LogP contribution in [0.1, 0.15) is 29.5 Å². The maximum absolute atomic E-state index is 6.16. The molecular formula is C19H24N2O2S. The summed E-state index contributed by atoms with van der Waals surface area (Å²) in [6, 6.07) is 4.35. The molecule has 0 aliphatic carbocycles. The van der Waals surface area contributed by atoms with E-state index in [1.807, 2.05) is 12.4 Å². The summed E-state index contributed by atoms with van der Waals surface area (Å²) in [4.78, 5) is 6.71. The van der Waals surface area contributed by atoms with Gasteiger partial charge in [-0.25, -0.2) is 0 Å². The summed E-state index contributed by atoms with van der Waals surface area (Å²) in [5.74, 6) is 0. The van der Waals surface area contributed by atoms with Gasteiger partial charge in [0, 0.05) is 45.1 Å². The summed E-state index contributed by atoms with van der Waals surface area (Å²) >= 11 is 1.77. The molecule has 4 nitrogen and oxygen atoms in total. The Kier molecular flexibility index (Phi) is 4.68. The van der Waals surface area contributed by atoms with Gasteiger partial charge in [0.15, 0.2) is 0 Å². The summed E-state index contributed by atoms with van der Waals surface area (Å²) in [5, 5.41) is 4.38. The maximum atomic E-state index is 6.16. The molecular weight excluding hydrogens is 320 g/mol. The van der Waals surface area contributed by atoms with Crippen molar-refractivity contribution in [2.75, 3.05) is 19.7 Å². The van der Waals surface area contributed by atoms with Crippen LogP contribution in [0.5, 0.6) is 0 Å². The summed E-state index contributed by atoms with van der Waals surface area (Å²) in [6.07, 6.45) is 6.07. The number of thiophene rings is 1. The number of rotatable bonds is 5. The quantitative estimate of drug-likeness (QED) is 0.833. The summed E-state index contributed by atoms with van der Waals surface area (Å²) in [5.41, 5.74) is 3.76. The monoisotopic (exact) mass is 344 g/mol. The van der Waals surface area contributed by atoms with E-state index < -0.39 is 0 Å². The lowest BCUT2D eigenvalue weighted by atomic mass is 9.84. The molecule has 0 unspecified atom stereocenters. The number of hydrogen-bond donors (Lipinski definition) is 0. The van der Waals surface area contributed by atoms with Gasteiger partial charge in [0.25, 0.3) is 0 Å². The van der Waals surface area contributed by atoms with E-state index in [4.69, 9.17) is 9.47 Å². The Morgan fingerprint density at radius 3 is 3.08 bits per heavy atom. The Hall–Kier alpha value is -1.27. The Labute approximate surface area is 147 Å².